The van der Waals surface area contributed by atoms with Crippen LogP contribution in [0.5, 0.6) is 0 Å². The highest BCUT2D eigenvalue weighted by Gasteiger charge is 2.17. The summed E-state index contributed by atoms with van der Waals surface area (Å²) in [6.45, 7) is 0. The molecule has 0 saturated carbocycles. The molecule has 0 unspecified atom stereocenters. The van der Waals surface area contributed by atoms with E-state index in [2.05, 4.69) is 197 Å². The molecule has 8 aromatic carbocycles. The Morgan fingerprint density at radius 1 is 0.351 bits per heavy atom. The predicted molar refractivity (Wildman–Crippen MR) is 242 cm³/mol. The maximum atomic E-state index is 4.85. The molecule has 0 atom stereocenters. The Labute approximate surface area is 333 Å². The topological polar surface area (TPSA) is 22.8 Å². The maximum Gasteiger partial charge on any atom is 0.145 e. The molecule has 0 spiro atoms. The number of thiophene rings is 1. The minimum Gasteiger partial charge on any atom is -0.309 e. The first-order chi connectivity index (χ1) is 28.3. The minimum atomic E-state index is 0.969. The molecule has 4 heteroatoms. The van der Waals surface area contributed by atoms with Gasteiger partial charge >= 0.3 is 0 Å². The Kier molecular flexibility index (Phi) is 7.10. The van der Waals surface area contributed by atoms with Gasteiger partial charge in [-0.25, -0.2) is 4.98 Å². The summed E-state index contributed by atoms with van der Waals surface area (Å²) >= 11 is 1.88. The standard InChI is InChI=1S/C53H33N3S/c1-5-25-49-42(18-1)46-23-11-29-54-53(46)56(49)40-27-28-50-47(33-40)43-19-2-4-24-48(43)55(50)39-17-9-15-37(32-39)35-13-7-12-34(30-35)36-14-8-16-38(31-36)41-21-10-22-45-44-20-3-6-26-51(44)57-52(41)45/h1-33H. The normalized spacial score (nSPS) is 11.9. The van der Waals surface area contributed by atoms with E-state index in [1.165, 1.54) is 80.7 Å². The Hall–Kier alpha value is -7.27. The molecular formula is C53H33N3S. The number of para-hydroxylation sites is 2. The molecule has 0 N–H and O–H groups in total. The summed E-state index contributed by atoms with van der Waals surface area (Å²) in [5, 5.41) is 7.46. The van der Waals surface area contributed by atoms with E-state index in [1.54, 1.807) is 0 Å². The fourth-order valence-electron chi connectivity index (χ4n) is 8.98. The third kappa shape index (κ3) is 5.01. The summed E-state index contributed by atoms with van der Waals surface area (Å²) in [6, 6.07) is 70.7. The van der Waals surface area contributed by atoms with Crippen LogP contribution >= 0.6 is 11.3 Å². The molecule has 0 aliphatic rings. The van der Waals surface area contributed by atoms with Gasteiger partial charge in [-0.2, -0.15) is 0 Å². The molecule has 0 amide bonds. The minimum absolute atomic E-state index is 0.969. The van der Waals surface area contributed by atoms with E-state index in [0.717, 1.165) is 27.9 Å². The first-order valence-corrected chi connectivity index (χ1v) is 20.2. The van der Waals surface area contributed by atoms with Gasteiger partial charge in [-0.1, -0.05) is 121 Å². The fraction of sp³-hybridized carbons (Fsp3) is 0. The van der Waals surface area contributed by atoms with Crippen molar-refractivity contribution in [2.45, 2.75) is 0 Å². The van der Waals surface area contributed by atoms with Crippen molar-refractivity contribution in [1.82, 2.24) is 14.1 Å². The maximum absolute atomic E-state index is 4.85. The van der Waals surface area contributed by atoms with E-state index in [9.17, 15) is 0 Å². The van der Waals surface area contributed by atoms with Gasteiger partial charge in [0.25, 0.3) is 0 Å². The first kappa shape index (κ1) is 32.0. The number of fused-ring (bicyclic) bond motifs is 9. The van der Waals surface area contributed by atoms with Gasteiger partial charge in [0.15, 0.2) is 0 Å². The molecule has 0 fully saturated rings. The van der Waals surface area contributed by atoms with E-state index >= 15 is 0 Å². The highest BCUT2D eigenvalue weighted by molar-refractivity contribution is 7.26. The van der Waals surface area contributed by atoms with Crippen LogP contribution in [0.4, 0.5) is 0 Å². The van der Waals surface area contributed by atoms with Crippen LogP contribution in [0.25, 0.3) is 109 Å². The lowest BCUT2D eigenvalue weighted by atomic mass is 9.95. The van der Waals surface area contributed by atoms with E-state index in [-0.39, 0.29) is 0 Å². The Balaban J connectivity index is 0.949. The molecule has 4 heterocycles. The zero-order valence-electron chi connectivity index (χ0n) is 30.8. The van der Waals surface area contributed by atoms with Crippen LogP contribution in [0.3, 0.4) is 0 Å². The molecule has 4 aromatic heterocycles. The lowest BCUT2D eigenvalue weighted by Gasteiger charge is -2.12. The van der Waals surface area contributed by atoms with Gasteiger partial charge in [0, 0.05) is 59.3 Å². The molecule has 3 nitrogen and oxygen atoms in total. The van der Waals surface area contributed by atoms with Crippen LogP contribution in [0.1, 0.15) is 0 Å². The van der Waals surface area contributed by atoms with Gasteiger partial charge in [0.1, 0.15) is 5.65 Å². The Morgan fingerprint density at radius 3 is 1.72 bits per heavy atom. The second-order valence-electron chi connectivity index (χ2n) is 14.8. The van der Waals surface area contributed by atoms with Crippen molar-refractivity contribution in [2.75, 3.05) is 0 Å². The van der Waals surface area contributed by atoms with Crippen molar-refractivity contribution >= 4 is 75.3 Å². The molecule has 0 aliphatic heterocycles. The number of hydrogen-bond acceptors (Lipinski definition) is 2. The van der Waals surface area contributed by atoms with Gasteiger partial charge in [-0.15, -0.1) is 11.3 Å². The third-order valence-electron chi connectivity index (χ3n) is 11.6. The van der Waals surface area contributed by atoms with Crippen LogP contribution < -0.4 is 0 Å². The monoisotopic (exact) mass is 743 g/mol. The molecule has 0 radical (unpaired) electrons. The highest BCUT2D eigenvalue weighted by atomic mass is 32.1. The summed E-state index contributed by atoms with van der Waals surface area (Å²) < 4.78 is 7.37. The van der Waals surface area contributed by atoms with Crippen molar-refractivity contribution in [3.63, 3.8) is 0 Å². The molecule has 12 aromatic rings. The second kappa shape index (κ2) is 12.6. The van der Waals surface area contributed by atoms with Crippen LogP contribution in [0.15, 0.2) is 200 Å². The van der Waals surface area contributed by atoms with E-state index in [0.29, 0.717) is 0 Å². The molecule has 0 saturated heterocycles. The van der Waals surface area contributed by atoms with Crippen molar-refractivity contribution in [3.8, 4) is 44.8 Å². The number of aromatic nitrogens is 3. The number of benzene rings is 8. The van der Waals surface area contributed by atoms with Crippen molar-refractivity contribution < 1.29 is 0 Å². The predicted octanol–water partition coefficient (Wildman–Crippen LogP) is 14.6. The second-order valence-corrected chi connectivity index (χ2v) is 15.8. The average Bonchev–Trinajstić information content (AvgIpc) is 3.94. The Bertz CT molecular complexity index is 3490. The van der Waals surface area contributed by atoms with Crippen LogP contribution in [-0.4, -0.2) is 14.1 Å². The van der Waals surface area contributed by atoms with Crippen LogP contribution in [0.2, 0.25) is 0 Å². The third-order valence-corrected chi connectivity index (χ3v) is 12.8. The number of hydrogen-bond donors (Lipinski definition) is 0. The Morgan fingerprint density at radius 2 is 0.912 bits per heavy atom. The molecule has 0 bridgehead atoms. The van der Waals surface area contributed by atoms with Crippen molar-refractivity contribution in [1.29, 1.82) is 0 Å². The molecule has 12 rings (SSSR count). The van der Waals surface area contributed by atoms with Crippen LogP contribution in [-0.2, 0) is 0 Å². The quantitative estimate of drug-likeness (QED) is 0.172. The SMILES string of the molecule is c1cc(-c2cccc(-c3cccc4c3sc3ccccc34)c2)cc(-c2cccc(-n3c4ccccc4c4cc(-n5c6ccccc6c6cccnc65)ccc43)c2)c1. The molecule has 266 valence electrons. The van der Waals surface area contributed by atoms with Gasteiger partial charge in [-0.05, 0) is 106 Å². The van der Waals surface area contributed by atoms with Gasteiger partial charge < -0.3 is 4.57 Å². The van der Waals surface area contributed by atoms with Gasteiger partial charge in [0.05, 0.1) is 16.6 Å². The average molecular weight is 744 g/mol. The van der Waals surface area contributed by atoms with Crippen molar-refractivity contribution in [2.24, 2.45) is 0 Å². The zero-order valence-corrected chi connectivity index (χ0v) is 31.6. The van der Waals surface area contributed by atoms with E-state index < -0.39 is 0 Å². The number of nitrogens with zero attached hydrogens (tertiary/aromatic N) is 3. The zero-order chi connectivity index (χ0) is 37.5. The molecule has 0 aliphatic carbocycles. The smallest absolute Gasteiger partial charge is 0.145 e. The van der Waals surface area contributed by atoms with E-state index in [4.69, 9.17) is 4.98 Å². The first-order valence-electron chi connectivity index (χ1n) is 19.4. The van der Waals surface area contributed by atoms with Gasteiger partial charge in [0.2, 0.25) is 0 Å². The summed E-state index contributed by atoms with van der Waals surface area (Å²) in [4.78, 5) is 4.85. The summed E-state index contributed by atoms with van der Waals surface area (Å²) in [7, 11) is 0. The summed E-state index contributed by atoms with van der Waals surface area (Å²) in [5.74, 6) is 0. The molecule has 57 heavy (non-hydrogen) atoms. The van der Waals surface area contributed by atoms with Gasteiger partial charge in [-0.3, -0.25) is 4.57 Å². The molecular weight excluding hydrogens is 711 g/mol. The van der Waals surface area contributed by atoms with E-state index in [1.807, 2.05) is 23.6 Å². The van der Waals surface area contributed by atoms with Crippen molar-refractivity contribution in [3.05, 3.63) is 200 Å². The number of pyridine rings is 1. The summed E-state index contributed by atoms with van der Waals surface area (Å²) in [6.07, 6.45) is 1.88. The largest absolute Gasteiger partial charge is 0.309 e. The lowest BCUT2D eigenvalue weighted by molar-refractivity contribution is 1.13. The number of rotatable bonds is 5. The fourth-order valence-corrected chi connectivity index (χ4v) is 10.2. The summed E-state index contributed by atoms with van der Waals surface area (Å²) in [5.41, 5.74) is 14.0. The lowest BCUT2D eigenvalue weighted by Crippen LogP contribution is -1.97. The van der Waals surface area contributed by atoms with Crippen LogP contribution in [0, 0.1) is 0 Å². The highest BCUT2D eigenvalue weighted by Crippen LogP contribution is 2.41.